The number of rotatable bonds is 9. The lowest BCUT2D eigenvalue weighted by molar-refractivity contribution is 0.0310. The molecule has 24 heavy (non-hydrogen) atoms. The first-order chi connectivity index (χ1) is 11.0. The first-order valence-electron chi connectivity index (χ1n) is 7.87. The number of carbonyl (C=O) groups is 1. The van der Waals surface area contributed by atoms with E-state index in [4.69, 9.17) is 4.74 Å². The number of amides is 1. The number of carbonyl (C=O) groups excluding carboxylic acids is 1. The zero-order chi connectivity index (χ0) is 17.1. The first kappa shape index (κ1) is 23.1. The molecule has 138 valence electrons. The highest BCUT2D eigenvalue weighted by Crippen LogP contribution is 2.08. The van der Waals surface area contributed by atoms with Gasteiger partial charge in [-0.25, -0.2) is 0 Å². The second kappa shape index (κ2) is 12.5. The second-order valence-corrected chi connectivity index (χ2v) is 6.62. The zero-order valence-corrected chi connectivity index (χ0v) is 18.0. The molecule has 0 aromatic carbocycles. The lowest BCUT2D eigenvalue weighted by atomic mass is 10.1. The fourth-order valence-electron chi connectivity index (χ4n) is 1.67. The van der Waals surface area contributed by atoms with Crippen molar-refractivity contribution in [3.63, 3.8) is 0 Å². The van der Waals surface area contributed by atoms with E-state index in [1.807, 2.05) is 38.3 Å². The van der Waals surface area contributed by atoms with Crippen molar-refractivity contribution in [2.24, 2.45) is 4.99 Å². The molecule has 0 bridgehead atoms. The third kappa shape index (κ3) is 9.43. The van der Waals surface area contributed by atoms with Gasteiger partial charge in [0.2, 0.25) is 0 Å². The molecule has 0 aliphatic rings. The minimum Gasteiger partial charge on any atom is -0.377 e. The van der Waals surface area contributed by atoms with Crippen LogP contribution in [0.25, 0.3) is 0 Å². The van der Waals surface area contributed by atoms with Gasteiger partial charge in [-0.3, -0.25) is 9.79 Å². The van der Waals surface area contributed by atoms with Crippen molar-refractivity contribution in [3.8, 4) is 0 Å². The maximum atomic E-state index is 11.8. The number of ether oxygens (including phenoxy) is 1. The van der Waals surface area contributed by atoms with Crippen molar-refractivity contribution in [1.29, 1.82) is 0 Å². The SMILES string of the molecule is CCNC(=NCC(C)(C)OC)NCCCNC(=O)c1cccs1.I. The maximum Gasteiger partial charge on any atom is 0.261 e. The topological polar surface area (TPSA) is 74.8 Å². The van der Waals surface area contributed by atoms with Crippen LogP contribution < -0.4 is 16.0 Å². The van der Waals surface area contributed by atoms with Gasteiger partial charge in [0.1, 0.15) is 0 Å². The summed E-state index contributed by atoms with van der Waals surface area (Å²) >= 11 is 1.45. The molecule has 1 aromatic rings. The van der Waals surface area contributed by atoms with Crippen LogP contribution in [0.15, 0.2) is 22.5 Å². The summed E-state index contributed by atoms with van der Waals surface area (Å²) in [4.78, 5) is 17.0. The third-order valence-electron chi connectivity index (χ3n) is 3.19. The van der Waals surface area contributed by atoms with Gasteiger partial charge < -0.3 is 20.7 Å². The Morgan fingerprint density at radius 3 is 2.58 bits per heavy atom. The Bertz CT molecular complexity index is 492. The smallest absolute Gasteiger partial charge is 0.261 e. The molecule has 0 aliphatic heterocycles. The summed E-state index contributed by atoms with van der Waals surface area (Å²) in [7, 11) is 1.69. The minimum atomic E-state index is -0.281. The van der Waals surface area contributed by atoms with Crippen LogP contribution in [0, 0.1) is 0 Å². The Morgan fingerprint density at radius 1 is 1.29 bits per heavy atom. The number of thiophene rings is 1. The van der Waals surface area contributed by atoms with Crippen LogP contribution in [0.4, 0.5) is 0 Å². The molecular formula is C16H29IN4O2S. The molecule has 1 aromatic heterocycles. The Kier molecular flexibility index (Phi) is 12.0. The van der Waals surface area contributed by atoms with Gasteiger partial charge in [-0.15, -0.1) is 35.3 Å². The Morgan fingerprint density at radius 2 is 2.00 bits per heavy atom. The van der Waals surface area contributed by atoms with Crippen LogP contribution in [0.3, 0.4) is 0 Å². The highest BCUT2D eigenvalue weighted by atomic mass is 127. The van der Waals surface area contributed by atoms with Gasteiger partial charge in [-0.1, -0.05) is 6.07 Å². The maximum absolute atomic E-state index is 11.8. The highest BCUT2D eigenvalue weighted by Gasteiger charge is 2.15. The number of aliphatic imine (C=N–C) groups is 1. The van der Waals surface area contributed by atoms with Crippen molar-refractivity contribution in [2.45, 2.75) is 32.8 Å². The van der Waals surface area contributed by atoms with Crippen LogP contribution in [0.2, 0.25) is 0 Å². The number of hydrogen-bond donors (Lipinski definition) is 3. The Balaban J connectivity index is 0.00000529. The third-order valence-corrected chi connectivity index (χ3v) is 4.06. The van der Waals surface area contributed by atoms with Gasteiger partial charge in [-0.05, 0) is 38.6 Å². The quantitative estimate of drug-likeness (QED) is 0.225. The largest absolute Gasteiger partial charge is 0.377 e. The molecule has 0 unspecified atom stereocenters. The summed E-state index contributed by atoms with van der Waals surface area (Å²) in [6.45, 7) is 8.78. The van der Waals surface area contributed by atoms with Crippen molar-refractivity contribution in [1.82, 2.24) is 16.0 Å². The van der Waals surface area contributed by atoms with E-state index in [2.05, 4.69) is 20.9 Å². The molecule has 0 spiro atoms. The standard InChI is InChI=1S/C16H28N4O2S.HI/c1-5-17-15(20-12-16(2,3)22-4)19-10-7-9-18-14(21)13-8-6-11-23-13;/h6,8,11H,5,7,9-10,12H2,1-4H3,(H,18,21)(H2,17,19,20);1H. The van der Waals surface area contributed by atoms with E-state index in [-0.39, 0.29) is 35.5 Å². The van der Waals surface area contributed by atoms with Crippen molar-refractivity contribution < 1.29 is 9.53 Å². The van der Waals surface area contributed by atoms with Crippen LogP contribution >= 0.6 is 35.3 Å². The molecule has 0 radical (unpaired) electrons. The van der Waals surface area contributed by atoms with Crippen molar-refractivity contribution in [3.05, 3.63) is 22.4 Å². The van der Waals surface area contributed by atoms with Gasteiger partial charge >= 0.3 is 0 Å². The molecule has 6 nitrogen and oxygen atoms in total. The molecule has 0 atom stereocenters. The number of halogens is 1. The van der Waals surface area contributed by atoms with E-state index in [0.29, 0.717) is 13.1 Å². The average molecular weight is 468 g/mol. The highest BCUT2D eigenvalue weighted by molar-refractivity contribution is 14.0. The second-order valence-electron chi connectivity index (χ2n) is 5.67. The molecular weight excluding hydrogens is 439 g/mol. The van der Waals surface area contributed by atoms with Crippen LogP contribution in [-0.2, 0) is 4.74 Å². The number of nitrogens with zero attached hydrogens (tertiary/aromatic N) is 1. The first-order valence-corrected chi connectivity index (χ1v) is 8.75. The Hall–Kier alpha value is -0.870. The van der Waals surface area contributed by atoms with Gasteiger partial charge in [0, 0.05) is 26.7 Å². The predicted molar refractivity (Wildman–Crippen MR) is 112 cm³/mol. The lowest BCUT2D eigenvalue weighted by Gasteiger charge is -2.21. The molecule has 8 heteroatoms. The molecule has 0 saturated carbocycles. The Labute approximate surface area is 165 Å². The molecule has 0 saturated heterocycles. The van der Waals surface area contributed by atoms with E-state index in [1.165, 1.54) is 11.3 Å². The summed E-state index contributed by atoms with van der Waals surface area (Å²) in [5, 5.41) is 11.3. The van der Waals surface area contributed by atoms with Crippen molar-refractivity contribution in [2.75, 3.05) is 33.3 Å². The number of methoxy groups -OCH3 is 1. The molecule has 3 N–H and O–H groups in total. The van der Waals surface area contributed by atoms with Crippen LogP contribution in [0.1, 0.15) is 36.9 Å². The molecule has 1 amide bonds. The predicted octanol–water partition coefficient (Wildman–Crippen LogP) is 2.47. The molecule has 0 fully saturated rings. The van der Waals surface area contributed by atoms with E-state index in [0.717, 1.165) is 30.3 Å². The van der Waals surface area contributed by atoms with E-state index in [9.17, 15) is 4.79 Å². The summed E-state index contributed by atoms with van der Waals surface area (Å²) in [6.07, 6.45) is 0.829. The fraction of sp³-hybridized carbons (Fsp3) is 0.625. The monoisotopic (exact) mass is 468 g/mol. The van der Waals surface area contributed by atoms with E-state index >= 15 is 0 Å². The fourth-order valence-corrected chi connectivity index (χ4v) is 2.31. The minimum absolute atomic E-state index is 0. The van der Waals surface area contributed by atoms with Gasteiger partial charge in [-0.2, -0.15) is 0 Å². The summed E-state index contributed by atoms with van der Waals surface area (Å²) < 4.78 is 5.36. The van der Waals surface area contributed by atoms with Gasteiger partial charge in [0.15, 0.2) is 5.96 Å². The molecule has 1 heterocycles. The average Bonchev–Trinajstić information content (AvgIpc) is 3.06. The summed E-state index contributed by atoms with van der Waals surface area (Å²) in [5.41, 5.74) is -0.281. The van der Waals surface area contributed by atoms with Crippen LogP contribution in [-0.4, -0.2) is 50.8 Å². The molecule has 1 rings (SSSR count). The zero-order valence-electron chi connectivity index (χ0n) is 14.8. The number of hydrogen-bond acceptors (Lipinski definition) is 4. The van der Waals surface area contributed by atoms with Crippen molar-refractivity contribution >= 4 is 47.2 Å². The van der Waals surface area contributed by atoms with Gasteiger partial charge in [0.05, 0.1) is 17.0 Å². The lowest BCUT2D eigenvalue weighted by Crippen LogP contribution is -2.40. The van der Waals surface area contributed by atoms with Gasteiger partial charge in [0.25, 0.3) is 5.91 Å². The van der Waals surface area contributed by atoms with E-state index < -0.39 is 0 Å². The summed E-state index contributed by atoms with van der Waals surface area (Å²) in [6, 6.07) is 3.70. The molecule has 0 aliphatic carbocycles. The van der Waals surface area contributed by atoms with Crippen LogP contribution in [0.5, 0.6) is 0 Å². The number of nitrogens with one attached hydrogen (secondary N) is 3. The summed E-state index contributed by atoms with van der Waals surface area (Å²) in [5.74, 6) is 0.754. The number of guanidine groups is 1. The normalized spacial score (nSPS) is 11.6. The van der Waals surface area contributed by atoms with E-state index in [1.54, 1.807) is 7.11 Å².